The first-order valence-corrected chi connectivity index (χ1v) is 9.68. The minimum absolute atomic E-state index is 0.00443. The molecule has 0 radical (unpaired) electrons. The number of anilines is 1. The van der Waals surface area contributed by atoms with E-state index in [2.05, 4.69) is 11.8 Å². The lowest BCUT2D eigenvalue weighted by Gasteiger charge is -2.45. The van der Waals surface area contributed by atoms with E-state index < -0.39 is 5.60 Å². The van der Waals surface area contributed by atoms with Gasteiger partial charge in [0.15, 0.2) is 0 Å². The molecule has 0 N–H and O–H groups in total. The number of allylic oxidation sites excluding steroid dienone is 1. The Morgan fingerprint density at radius 3 is 2.39 bits per heavy atom. The number of amides is 1. The average molecular weight is 389 g/mol. The van der Waals surface area contributed by atoms with Gasteiger partial charge in [0.25, 0.3) is 0 Å². The lowest BCUT2D eigenvalue weighted by Crippen LogP contribution is -2.59. The van der Waals surface area contributed by atoms with Crippen LogP contribution in [0.4, 0.5) is 10.5 Å². The summed E-state index contributed by atoms with van der Waals surface area (Å²) in [4.78, 5) is 28.5. The van der Waals surface area contributed by atoms with Gasteiger partial charge in [-0.25, -0.2) is 9.59 Å². The van der Waals surface area contributed by atoms with Crippen LogP contribution in [-0.2, 0) is 9.47 Å². The molecule has 2 rings (SSSR count). The van der Waals surface area contributed by atoms with Crippen molar-refractivity contribution in [2.24, 2.45) is 0 Å². The summed E-state index contributed by atoms with van der Waals surface area (Å²) < 4.78 is 10.4. The highest BCUT2D eigenvalue weighted by molar-refractivity contribution is 5.91. The molecule has 0 aromatic heterocycles. The molecule has 1 aromatic carbocycles. The van der Waals surface area contributed by atoms with E-state index in [1.807, 2.05) is 58.9 Å². The molecule has 0 bridgehead atoms. The maximum atomic E-state index is 12.6. The van der Waals surface area contributed by atoms with Gasteiger partial charge in [0.05, 0.1) is 12.7 Å². The zero-order chi connectivity index (χ0) is 21.1. The summed E-state index contributed by atoms with van der Waals surface area (Å²) in [5.41, 5.74) is 2.00. The molecule has 0 aliphatic carbocycles. The van der Waals surface area contributed by atoms with Crippen LogP contribution in [0.15, 0.2) is 24.3 Å². The molecule has 1 saturated heterocycles. The molecule has 1 aliphatic rings. The Morgan fingerprint density at radius 1 is 1.14 bits per heavy atom. The highest BCUT2D eigenvalue weighted by Gasteiger charge is 2.35. The second-order valence-electron chi connectivity index (χ2n) is 8.25. The van der Waals surface area contributed by atoms with E-state index in [9.17, 15) is 9.59 Å². The fraction of sp³-hybridized carbons (Fsp3) is 0.545. The van der Waals surface area contributed by atoms with E-state index in [4.69, 9.17) is 9.47 Å². The van der Waals surface area contributed by atoms with Gasteiger partial charge in [0.2, 0.25) is 0 Å². The van der Waals surface area contributed by atoms with Crippen molar-refractivity contribution in [2.75, 3.05) is 25.1 Å². The lowest BCUT2D eigenvalue weighted by molar-refractivity contribution is 0.0130. The average Bonchev–Trinajstić information content (AvgIpc) is 2.61. The quantitative estimate of drug-likeness (QED) is 0.721. The Hall–Kier alpha value is -2.50. The van der Waals surface area contributed by atoms with E-state index in [-0.39, 0.29) is 24.1 Å². The minimum atomic E-state index is -0.514. The number of esters is 1. The highest BCUT2D eigenvalue weighted by atomic mass is 16.6. The number of carbonyl (C=O) groups is 2. The van der Waals surface area contributed by atoms with Crippen molar-refractivity contribution in [1.82, 2.24) is 4.90 Å². The molecule has 0 unspecified atom stereocenters. The monoisotopic (exact) mass is 388 g/mol. The van der Waals surface area contributed by atoms with Crippen LogP contribution >= 0.6 is 0 Å². The maximum absolute atomic E-state index is 12.6. The van der Waals surface area contributed by atoms with Crippen molar-refractivity contribution < 1.29 is 19.1 Å². The number of benzene rings is 1. The van der Waals surface area contributed by atoms with Crippen molar-refractivity contribution in [3.05, 3.63) is 35.4 Å². The molecule has 6 heteroatoms. The van der Waals surface area contributed by atoms with Crippen molar-refractivity contribution in [2.45, 2.75) is 59.2 Å². The van der Waals surface area contributed by atoms with Gasteiger partial charge in [0, 0.05) is 30.9 Å². The van der Waals surface area contributed by atoms with Crippen molar-refractivity contribution in [3.8, 4) is 0 Å². The summed E-state index contributed by atoms with van der Waals surface area (Å²) in [5, 5.41) is 0. The number of piperazine rings is 1. The Labute approximate surface area is 168 Å². The van der Waals surface area contributed by atoms with Crippen molar-refractivity contribution in [1.29, 1.82) is 0 Å². The predicted octanol–water partition coefficient (Wildman–Crippen LogP) is 4.34. The van der Waals surface area contributed by atoms with Crippen LogP contribution in [0.1, 0.15) is 57.5 Å². The van der Waals surface area contributed by atoms with Crippen LogP contribution in [-0.4, -0.2) is 54.8 Å². The van der Waals surface area contributed by atoms with Gasteiger partial charge in [-0.3, -0.25) is 0 Å². The largest absolute Gasteiger partial charge is 0.465 e. The Bertz CT molecular complexity index is 751. The smallest absolute Gasteiger partial charge is 0.410 e. The Kier molecular flexibility index (Phi) is 6.75. The topological polar surface area (TPSA) is 59.1 Å². The van der Waals surface area contributed by atoms with E-state index in [1.165, 1.54) is 7.11 Å². The summed E-state index contributed by atoms with van der Waals surface area (Å²) in [6.45, 7) is 13.0. The van der Waals surface area contributed by atoms with Gasteiger partial charge in [-0.1, -0.05) is 12.2 Å². The number of carbonyl (C=O) groups excluding carboxylic acids is 2. The molecule has 1 aromatic rings. The Morgan fingerprint density at radius 2 is 1.82 bits per heavy atom. The number of hydrogen-bond acceptors (Lipinski definition) is 5. The summed E-state index contributed by atoms with van der Waals surface area (Å²) in [6.07, 6.45) is 3.66. The summed E-state index contributed by atoms with van der Waals surface area (Å²) in [6, 6.07) is 5.69. The third kappa shape index (κ3) is 5.06. The standard InChI is InChI=1S/C22H32N2O4/c1-8-9-17-12-18(20(25)27-7)10-11-19(17)23-13-16(3)24(14-15(23)2)21(26)28-22(4,5)6/h8-12,15-16H,13-14H2,1-7H3/b9-8+/t15-,16+/m1/s1. The third-order valence-corrected chi connectivity index (χ3v) is 4.72. The van der Waals surface area contributed by atoms with Gasteiger partial charge in [-0.15, -0.1) is 0 Å². The summed E-state index contributed by atoms with van der Waals surface area (Å²) >= 11 is 0. The molecule has 6 nitrogen and oxygen atoms in total. The number of methoxy groups -OCH3 is 1. The van der Waals surface area contributed by atoms with Crippen molar-refractivity contribution >= 4 is 23.8 Å². The van der Waals surface area contributed by atoms with E-state index in [0.717, 1.165) is 11.3 Å². The fourth-order valence-electron chi connectivity index (χ4n) is 3.41. The highest BCUT2D eigenvalue weighted by Crippen LogP contribution is 2.29. The van der Waals surface area contributed by atoms with Gasteiger partial charge < -0.3 is 19.3 Å². The molecular weight excluding hydrogens is 356 g/mol. The van der Waals surface area contributed by atoms with Gasteiger partial charge in [-0.05, 0) is 65.3 Å². The van der Waals surface area contributed by atoms with Crippen LogP contribution in [0, 0.1) is 0 Å². The van der Waals surface area contributed by atoms with Gasteiger partial charge >= 0.3 is 12.1 Å². The van der Waals surface area contributed by atoms with Crippen LogP contribution in [0.2, 0.25) is 0 Å². The molecule has 1 aliphatic heterocycles. The first kappa shape index (κ1) is 21.8. The molecule has 1 heterocycles. The van der Waals surface area contributed by atoms with E-state index in [0.29, 0.717) is 18.7 Å². The summed E-state index contributed by atoms with van der Waals surface area (Å²) in [7, 11) is 1.38. The first-order valence-electron chi connectivity index (χ1n) is 9.68. The number of nitrogens with zero attached hydrogens (tertiary/aromatic N) is 2. The summed E-state index contributed by atoms with van der Waals surface area (Å²) in [5.74, 6) is -0.353. The normalized spacial score (nSPS) is 20.4. The van der Waals surface area contributed by atoms with Crippen LogP contribution in [0.25, 0.3) is 6.08 Å². The minimum Gasteiger partial charge on any atom is -0.465 e. The molecule has 28 heavy (non-hydrogen) atoms. The predicted molar refractivity (Wildman–Crippen MR) is 112 cm³/mol. The van der Waals surface area contributed by atoms with Crippen LogP contribution in [0.5, 0.6) is 0 Å². The molecule has 154 valence electrons. The molecule has 2 atom stereocenters. The fourth-order valence-corrected chi connectivity index (χ4v) is 3.41. The van der Waals surface area contributed by atoms with Crippen LogP contribution in [0.3, 0.4) is 0 Å². The zero-order valence-corrected chi connectivity index (χ0v) is 18.0. The second kappa shape index (κ2) is 8.67. The van der Waals surface area contributed by atoms with Crippen molar-refractivity contribution in [3.63, 3.8) is 0 Å². The lowest BCUT2D eigenvalue weighted by atomic mass is 10.0. The number of ether oxygens (including phenoxy) is 2. The maximum Gasteiger partial charge on any atom is 0.410 e. The van der Waals surface area contributed by atoms with E-state index >= 15 is 0 Å². The molecule has 1 fully saturated rings. The van der Waals surface area contributed by atoms with Gasteiger partial charge in [0.1, 0.15) is 5.60 Å². The van der Waals surface area contributed by atoms with Gasteiger partial charge in [-0.2, -0.15) is 0 Å². The molecule has 1 amide bonds. The number of hydrogen-bond donors (Lipinski definition) is 0. The molecular formula is C22H32N2O4. The second-order valence-corrected chi connectivity index (χ2v) is 8.25. The van der Waals surface area contributed by atoms with Crippen LogP contribution < -0.4 is 4.90 Å². The molecule has 0 spiro atoms. The SMILES string of the molecule is C/C=C/c1cc(C(=O)OC)ccc1N1C[C@H](C)N(C(=O)OC(C)(C)C)C[C@H]1C. The molecule has 0 saturated carbocycles. The zero-order valence-electron chi connectivity index (χ0n) is 18.0. The number of rotatable bonds is 3. The Balaban J connectivity index is 2.27. The first-order chi connectivity index (χ1) is 13.1. The van der Waals surface area contributed by atoms with E-state index in [1.54, 1.807) is 11.0 Å². The third-order valence-electron chi connectivity index (χ3n) is 4.72.